The summed E-state index contributed by atoms with van der Waals surface area (Å²) in [6.45, 7) is 0. The fourth-order valence-electron chi connectivity index (χ4n) is 4.79. The first-order valence-corrected chi connectivity index (χ1v) is 14.8. The number of halogens is 3. The van der Waals surface area contributed by atoms with E-state index < -0.39 is 32.1 Å². The molecule has 0 aliphatic rings. The molecule has 5 aromatic rings. The molecular formula is C35H28F3N2OP. The predicted molar refractivity (Wildman–Crippen MR) is 165 cm³/mol. The molecule has 0 heterocycles. The van der Waals surface area contributed by atoms with Crippen LogP contribution in [0.3, 0.4) is 0 Å². The quantitative estimate of drug-likeness (QED) is 0.148. The highest BCUT2D eigenvalue weighted by Crippen LogP contribution is 2.36. The molecule has 0 saturated heterocycles. The van der Waals surface area contributed by atoms with Crippen molar-refractivity contribution in [1.82, 2.24) is 5.32 Å². The van der Waals surface area contributed by atoms with Crippen LogP contribution in [-0.4, -0.2) is 18.3 Å². The van der Waals surface area contributed by atoms with Crippen molar-refractivity contribution in [1.29, 1.82) is 0 Å². The summed E-state index contributed by atoms with van der Waals surface area (Å²) in [7, 11) is -0.950. The third-order valence-corrected chi connectivity index (χ3v) is 9.26. The highest BCUT2D eigenvalue weighted by Gasteiger charge is 2.41. The van der Waals surface area contributed by atoms with E-state index in [0.717, 1.165) is 10.9 Å². The lowest BCUT2D eigenvalue weighted by molar-refractivity contribution is -0.174. The molecule has 0 fully saturated rings. The molecule has 3 nitrogen and oxygen atoms in total. The maximum Gasteiger partial charge on any atom is 0.471 e. The number of hydrogen-bond donors (Lipinski definition) is 1. The second-order valence-electron chi connectivity index (χ2n) is 9.56. The minimum Gasteiger partial charge on any atom is -0.339 e. The van der Waals surface area contributed by atoms with Gasteiger partial charge in [0.1, 0.15) is 0 Å². The Labute approximate surface area is 244 Å². The topological polar surface area (TPSA) is 41.5 Å². The van der Waals surface area contributed by atoms with Gasteiger partial charge >= 0.3 is 12.1 Å². The standard InChI is InChI=1S/C35H28F3N2OP/c36-35(37,38)34(41)40-33(27-17-7-2-8-18-27)32(26-15-5-1-6-16-26)39-25-28-19-13-14-24-31(28)42(29-20-9-3-10-21-29)30-22-11-4-12-23-30/h1-25,32-33H,(H,40,41)/t32-,33-/m0/s1. The van der Waals surface area contributed by atoms with Crippen molar-refractivity contribution >= 4 is 36.0 Å². The maximum atomic E-state index is 13.5. The van der Waals surface area contributed by atoms with E-state index in [0.29, 0.717) is 11.1 Å². The molecular weight excluding hydrogens is 552 g/mol. The number of alkyl halides is 3. The van der Waals surface area contributed by atoms with Gasteiger partial charge in [0.05, 0.1) is 12.1 Å². The zero-order valence-electron chi connectivity index (χ0n) is 22.5. The number of nitrogens with one attached hydrogen (secondary N) is 1. The van der Waals surface area contributed by atoms with E-state index in [1.165, 1.54) is 10.6 Å². The third-order valence-electron chi connectivity index (χ3n) is 6.74. The second kappa shape index (κ2) is 13.4. The Bertz CT molecular complexity index is 1570. The van der Waals surface area contributed by atoms with Crippen molar-refractivity contribution in [2.24, 2.45) is 4.99 Å². The van der Waals surface area contributed by atoms with Crippen LogP contribution in [-0.2, 0) is 4.79 Å². The van der Waals surface area contributed by atoms with Gasteiger partial charge in [-0.25, -0.2) is 0 Å². The molecule has 0 radical (unpaired) electrons. The number of hydrogen-bond acceptors (Lipinski definition) is 2. The minimum absolute atomic E-state index is 0.519. The molecule has 1 N–H and O–H groups in total. The molecule has 42 heavy (non-hydrogen) atoms. The van der Waals surface area contributed by atoms with Gasteiger partial charge in [0, 0.05) is 11.8 Å². The van der Waals surface area contributed by atoms with Crippen LogP contribution >= 0.6 is 7.92 Å². The monoisotopic (exact) mass is 580 g/mol. The summed E-state index contributed by atoms with van der Waals surface area (Å²) in [5.74, 6) is -2.01. The Morgan fingerprint density at radius 2 is 1.10 bits per heavy atom. The number of carbonyl (C=O) groups excluding carboxylic acids is 1. The van der Waals surface area contributed by atoms with Crippen LogP contribution < -0.4 is 21.2 Å². The van der Waals surface area contributed by atoms with E-state index in [4.69, 9.17) is 4.99 Å². The first-order valence-electron chi connectivity index (χ1n) is 13.4. The second-order valence-corrected chi connectivity index (χ2v) is 11.7. The van der Waals surface area contributed by atoms with Gasteiger partial charge in [-0.3, -0.25) is 9.79 Å². The van der Waals surface area contributed by atoms with E-state index in [1.807, 2.05) is 84.9 Å². The number of carbonyl (C=O) groups is 1. The molecule has 0 aromatic heterocycles. The van der Waals surface area contributed by atoms with Gasteiger partial charge in [0.2, 0.25) is 0 Å². The van der Waals surface area contributed by atoms with Gasteiger partial charge < -0.3 is 5.32 Å². The smallest absolute Gasteiger partial charge is 0.339 e. The maximum absolute atomic E-state index is 13.5. The molecule has 0 unspecified atom stereocenters. The van der Waals surface area contributed by atoms with Crippen molar-refractivity contribution in [2.75, 3.05) is 0 Å². The lowest BCUT2D eigenvalue weighted by Crippen LogP contribution is -2.41. The van der Waals surface area contributed by atoms with Gasteiger partial charge in [0.15, 0.2) is 0 Å². The highest BCUT2D eigenvalue weighted by molar-refractivity contribution is 7.80. The van der Waals surface area contributed by atoms with Gasteiger partial charge in [0.25, 0.3) is 0 Å². The molecule has 0 aliphatic heterocycles. The molecule has 0 aliphatic carbocycles. The number of amides is 1. The average Bonchev–Trinajstić information content (AvgIpc) is 3.03. The molecule has 0 spiro atoms. The molecule has 5 rings (SSSR count). The summed E-state index contributed by atoms with van der Waals surface area (Å²) in [4.78, 5) is 17.1. The van der Waals surface area contributed by atoms with Crippen LogP contribution in [0, 0.1) is 0 Å². The highest BCUT2D eigenvalue weighted by atomic mass is 31.1. The van der Waals surface area contributed by atoms with Crippen LogP contribution in [0.25, 0.3) is 0 Å². The molecule has 7 heteroatoms. The first-order chi connectivity index (χ1) is 20.4. The molecule has 0 saturated carbocycles. The number of benzene rings is 5. The van der Waals surface area contributed by atoms with Crippen LogP contribution in [0.15, 0.2) is 151 Å². The molecule has 0 bridgehead atoms. The van der Waals surface area contributed by atoms with Crippen LogP contribution in [0.2, 0.25) is 0 Å². The normalized spacial score (nSPS) is 13.1. The summed E-state index contributed by atoms with van der Waals surface area (Å²) in [5, 5.41) is 5.62. The molecule has 210 valence electrons. The van der Waals surface area contributed by atoms with Crippen molar-refractivity contribution < 1.29 is 18.0 Å². The Balaban J connectivity index is 1.62. The van der Waals surface area contributed by atoms with Crippen molar-refractivity contribution in [3.63, 3.8) is 0 Å². The fourth-order valence-corrected chi connectivity index (χ4v) is 7.21. The van der Waals surface area contributed by atoms with Crippen molar-refractivity contribution in [3.8, 4) is 0 Å². The largest absolute Gasteiger partial charge is 0.471 e. The van der Waals surface area contributed by atoms with Gasteiger partial charge in [-0.05, 0) is 35.0 Å². The van der Waals surface area contributed by atoms with Crippen molar-refractivity contribution in [2.45, 2.75) is 18.3 Å². The molecule has 5 aromatic carbocycles. The van der Waals surface area contributed by atoms with E-state index >= 15 is 0 Å². The van der Waals surface area contributed by atoms with Crippen LogP contribution in [0.4, 0.5) is 13.2 Å². The zero-order valence-corrected chi connectivity index (χ0v) is 23.4. The lowest BCUT2D eigenvalue weighted by Gasteiger charge is -2.27. The Morgan fingerprint density at radius 3 is 1.62 bits per heavy atom. The Kier molecular flexibility index (Phi) is 9.25. The molecule has 2 atom stereocenters. The summed E-state index contributed by atoms with van der Waals surface area (Å²) in [6, 6.07) is 44.2. The SMILES string of the molecule is O=C(N[C@@H](c1ccccc1)[C@@H](N=Cc1ccccc1P(c1ccccc1)c1ccccc1)c1ccccc1)C(F)(F)F. The zero-order chi connectivity index (χ0) is 29.4. The minimum atomic E-state index is -5.04. The summed E-state index contributed by atoms with van der Waals surface area (Å²) < 4.78 is 40.4. The van der Waals surface area contributed by atoms with Gasteiger partial charge in [-0.2, -0.15) is 13.2 Å². The van der Waals surface area contributed by atoms with Crippen LogP contribution in [0.1, 0.15) is 28.8 Å². The van der Waals surface area contributed by atoms with Crippen molar-refractivity contribution in [3.05, 3.63) is 162 Å². The number of aliphatic imine (C=N–C) groups is 1. The first kappa shape index (κ1) is 29.0. The Morgan fingerprint density at radius 1 is 0.643 bits per heavy atom. The number of rotatable bonds is 9. The van der Waals surface area contributed by atoms with Crippen LogP contribution in [0.5, 0.6) is 0 Å². The average molecular weight is 581 g/mol. The van der Waals surface area contributed by atoms with Gasteiger partial charge in [-0.15, -0.1) is 0 Å². The summed E-state index contributed by atoms with van der Waals surface area (Å²) in [6.07, 6.45) is -3.31. The predicted octanol–water partition coefficient (Wildman–Crippen LogP) is 7.02. The lowest BCUT2D eigenvalue weighted by atomic mass is 9.93. The van der Waals surface area contributed by atoms with Gasteiger partial charge in [-0.1, -0.05) is 146 Å². The number of nitrogens with zero attached hydrogens (tertiary/aromatic N) is 1. The molecule has 1 amide bonds. The fraction of sp³-hybridized carbons (Fsp3) is 0.0857. The van der Waals surface area contributed by atoms with E-state index in [9.17, 15) is 18.0 Å². The Hall–Kier alpha value is -4.54. The van der Waals surface area contributed by atoms with E-state index in [-0.39, 0.29) is 0 Å². The third kappa shape index (κ3) is 7.02. The van der Waals surface area contributed by atoms with E-state index in [1.54, 1.807) is 36.5 Å². The summed E-state index contributed by atoms with van der Waals surface area (Å²) in [5.41, 5.74) is 2.05. The summed E-state index contributed by atoms with van der Waals surface area (Å²) >= 11 is 0. The van der Waals surface area contributed by atoms with E-state index in [2.05, 4.69) is 35.6 Å².